The summed E-state index contributed by atoms with van der Waals surface area (Å²) in [5, 5.41) is 5.98. The minimum atomic E-state index is -0.0169. The standard InChI is InChI=1S/C29H38NOP/c1-28(2,3)23-17-24(29(4,5)6)27(31-20-21-13-9-8-10-14-21)26(18-23)32-25-16-12-11-15-22(25)19-30-7/h8-18,30,32H,19-20H2,1-7H3. The SMILES string of the molecule is CNCc1ccccc1Pc1cc(C(C)(C)C)cc(C(C)(C)C)c1OCc1ccccc1. The Hall–Kier alpha value is -2.15. The Bertz CT molecular complexity index is 1030. The fraction of sp³-hybridized carbons (Fsp3) is 0.379. The van der Waals surface area contributed by atoms with Crippen LogP contribution in [-0.4, -0.2) is 7.05 Å². The highest BCUT2D eigenvalue weighted by atomic mass is 31.1. The number of hydrogen-bond donors (Lipinski definition) is 1. The van der Waals surface area contributed by atoms with E-state index in [9.17, 15) is 0 Å². The Labute approximate surface area is 196 Å². The van der Waals surface area contributed by atoms with Crippen LogP contribution in [0.25, 0.3) is 0 Å². The molecule has 0 aromatic heterocycles. The van der Waals surface area contributed by atoms with Crippen molar-refractivity contribution in [3.05, 3.63) is 89.0 Å². The molecule has 32 heavy (non-hydrogen) atoms. The maximum atomic E-state index is 6.61. The van der Waals surface area contributed by atoms with Gasteiger partial charge in [-0.05, 0) is 45.9 Å². The van der Waals surface area contributed by atoms with Crippen molar-refractivity contribution in [1.29, 1.82) is 0 Å². The van der Waals surface area contributed by atoms with Gasteiger partial charge in [0.1, 0.15) is 12.4 Å². The summed E-state index contributed by atoms with van der Waals surface area (Å²) in [4.78, 5) is 0. The summed E-state index contributed by atoms with van der Waals surface area (Å²) < 4.78 is 6.61. The van der Waals surface area contributed by atoms with Gasteiger partial charge in [-0.3, -0.25) is 0 Å². The number of ether oxygens (including phenoxy) is 1. The second-order valence-electron chi connectivity index (χ2n) is 10.5. The van der Waals surface area contributed by atoms with Crippen LogP contribution < -0.4 is 20.7 Å². The molecule has 1 N–H and O–H groups in total. The molecule has 0 fully saturated rings. The Balaban J connectivity index is 2.13. The molecule has 2 nitrogen and oxygen atoms in total. The van der Waals surface area contributed by atoms with Crippen LogP contribution in [0.3, 0.4) is 0 Å². The highest BCUT2D eigenvalue weighted by molar-refractivity contribution is 7.55. The zero-order valence-corrected chi connectivity index (χ0v) is 21.7. The predicted octanol–water partition coefficient (Wildman–Crippen LogP) is 6.21. The highest BCUT2D eigenvalue weighted by Crippen LogP contribution is 2.37. The van der Waals surface area contributed by atoms with Gasteiger partial charge in [0, 0.05) is 17.4 Å². The van der Waals surface area contributed by atoms with Gasteiger partial charge in [0.25, 0.3) is 0 Å². The molecule has 1 atom stereocenters. The van der Waals surface area contributed by atoms with Gasteiger partial charge in [-0.2, -0.15) is 0 Å². The van der Waals surface area contributed by atoms with E-state index in [0.717, 1.165) is 12.3 Å². The van der Waals surface area contributed by atoms with Gasteiger partial charge in [-0.15, -0.1) is 0 Å². The molecule has 3 aromatic rings. The summed E-state index contributed by atoms with van der Waals surface area (Å²) >= 11 is 0. The van der Waals surface area contributed by atoms with E-state index in [0.29, 0.717) is 15.2 Å². The average Bonchev–Trinajstić information content (AvgIpc) is 2.73. The van der Waals surface area contributed by atoms with E-state index >= 15 is 0 Å². The normalized spacial score (nSPS) is 12.5. The van der Waals surface area contributed by atoms with Gasteiger partial charge >= 0.3 is 0 Å². The van der Waals surface area contributed by atoms with Crippen LogP contribution in [0.15, 0.2) is 66.7 Å². The maximum absolute atomic E-state index is 6.61. The second kappa shape index (κ2) is 10.2. The average molecular weight is 448 g/mol. The topological polar surface area (TPSA) is 21.3 Å². The number of hydrogen-bond acceptors (Lipinski definition) is 2. The smallest absolute Gasteiger partial charge is 0.131 e. The summed E-state index contributed by atoms with van der Waals surface area (Å²) in [5.41, 5.74) is 5.24. The van der Waals surface area contributed by atoms with E-state index < -0.39 is 0 Å². The quantitative estimate of drug-likeness (QED) is 0.435. The molecule has 0 aliphatic carbocycles. The van der Waals surface area contributed by atoms with Crippen molar-refractivity contribution >= 4 is 19.2 Å². The van der Waals surface area contributed by atoms with E-state index in [1.165, 1.54) is 32.9 Å². The largest absolute Gasteiger partial charge is 0.488 e. The Morgan fingerprint density at radius 3 is 2.06 bits per heavy atom. The predicted molar refractivity (Wildman–Crippen MR) is 141 cm³/mol. The first-order chi connectivity index (χ1) is 15.1. The zero-order chi connectivity index (χ0) is 23.4. The van der Waals surface area contributed by atoms with Crippen molar-refractivity contribution < 1.29 is 4.74 Å². The molecule has 1 unspecified atom stereocenters. The van der Waals surface area contributed by atoms with Crippen molar-refractivity contribution in [1.82, 2.24) is 5.32 Å². The van der Waals surface area contributed by atoms with Crippen LogP contribution in [0.2, 0.25) is 0 Å². The van der Waals surface area contributed by atoms with Crippen molar-refractivity contribution in [3.63, 3.8) is 0 Å². The van der Waals surface area contributed by atoms with Crippen LogP contribution in [0.1, 0.15) is 63.8 Å². The molecule has 0 amide bonds. The summed E-state index contributed by atoms with van der Waals surface area (Å²) in [6.07, 6.45) is 0. The molecule has 0 bridgehead atoms. The molecule has 3 rings (SSSR count). The van der Waals surface area contributed by atoms with Gasteiger partial charge in [0.05, 0.1) is 0 Å². The van der Waals surface area contributed by atoms with Gasteiger partial charge < -0.3 is 10.1 Å². The van der Waals surface area contributed by atoms with E-state index in [-0.39, 0.29) is 10.8 Å². The summed E-state index contributed by atoms with van der Waals surface area (Å²) in [6.45, 7) is 15.2. The van der Waals surface area contributed by atoms with Crippen LogP contribution in [0, 0.1) is 0 Å². The Morgan fingerprint density at radius 1 is 0.781 bits per heavy atom. The molecule has 0 aliphatic heterocycles. The monoisotopic (exact) mass is 447 g/mol. The first kappa shape index (κ1) is 24.5. The summed E-state index contributed by atoms with van der Waals surface area (Å²) in [6, 6.07) is 23.9. The third-order valence-electron chi connectivity index (χ3n) is 5.64. The van der Waals surface area contributed by atoms with E-state index in [2.05, 4.69) is 108 Å². The van der Waals surface area contributed by atoms with Crippen molar-refractivity contribution in [2.45, 2.75) is 65.5 Å². The van der Waals surface area contributed by atoms with Gasteiger partial charge in [-0.25, -0.2) is 0 Å². The molecule has 0 aliphatic rings. The van der Waals surface area contributed by atoms with Crippen molar-refractivity contribution in [2.24, 2.45) is 0 Å². The van der Waals surface area contributed by atoms with Crippen molar-refractivity contribution in [3.8, 4) is 5.75 Å². The third-order valence-corrected chi connectivity index (χ3v) is 7.04. The lowest BCUT2D eigenvalue weighted by Gasteiger charge is -2.29. The molecular formula is C29H38NOP. The molecule has 0 saturated carbocycles. The van der Waals surface area contributed by atoms with Crippen molar-refractivity contribution in [2.75, 3.05) is 7.05 Å². The molecule has 3 aromatic carbocycles. The number of rotatable bonds is 7. The number of benzene rings is 3. The van der Waals surface area contributed by atoms with E-state index in [4.69, 9.17) is 4.74 Å². The molecular weight excluding hydrogens is 409 g/mol. The first-order valence-corrected chi connectivity index (χ1v) is 12.4. The molecule has 170 valence electrons. The minimum absolute atomic E-state index is 0.0169. The lowest BCUT2D eigenvalue weighted by Crippen LogP contribution is -2.23. The van der Waals surface area contributed by atoms with Crippen LogP contribution >= 0.6 is 8.58 Å². The summed E-state index contributed by atoms with van der Waals surface area (Å²) in [7, 11) is 2.54. The fourth-order valence-electron chi connectivity index (χ4n) is 3.73. The Morgan fingerprint density at radius 2 is 1.44 bits per heavy atom. The summed E-state index contributed by atoms with van der Waals surface area (Å²) in [5.74, 6) is 1.05. The Kier molecular flexibility index (Phi) is 7.80. The van der Waals surface area contributed by atoms with Gasteiger partial charge in [0.2, 0.25) is 0 Å². The maximum Gasteiger partial charge on any atom is 0.131 e. The van der Waals surface area contributed by atoms with Gasteiger partial charge in [0.15, 0.2) is 0 Å². The third kappa shape index (κ3) is 6.21. The molecule has 0 heterocycles. The highest BCUT2D eigenvalue weighted by Gasteiger charge is 2.26. The number of nitrogens with one attached hydrogen (secondary N) is 1. The lowest BCUT2D eigenvalue weighted by molar-refractivity contribution is 0.300. The van der Waals surface area contributed by atoms with E-state index in [1.807, 2.05) is 13.1 Å². The minimum Gasteiger partial charge on any atom is -0.488 e. The van der Waals surface area contributed by atoms with Crippen LogP contribution in [0.5, 0.6) is 5.75 Å². The lowest BCUT2D eigenvalue weighted by atomic mass is 9.80. The first-order valence-electron chi connectivity index (χ1n) is 11.4. The van der Waals surface area contributed by atoms with E-state index in [1.54, 1.807) is 0 Å². The molecule has 0 saturated heterocycles. The van der Waals surface area contributed by atoms with Crippen LogP contribution in [0.4, 0.5) is 0 Å². The molecule has 3 heteroatoms. The second-order valence-corrected chi connectivity index (χ2v) is 11.8. The molecule has 0 spiro atoms. The zero-order valence-electron chi connectivity index (χ0n) is 20.7. The fourth-order valence-corrected chi connectivity index (χ4v) is 5.08. The van der Waals surface area contributed by atoms with Crippen LogP contribution in [-0.2, 0) is 24.0 Å². The molecule has 0 radical (unpaired) electrons. The van der Waals surface area contributed by atoms with Gasteiger partial charge in [-0.1, -0.05) is 111 Å².